The van der Waals surface area contributed by atoms with Crippen molar-refractivity contribution in [3.8, 4) is 5.69 Å². The molecule has 6 heteroatoms. The van der Waals surface area contributed by atoms with Crippen molar-refractivity contribution in [3.63, 3.8) is 0 Å². The van der Waals surface area contributed by atoms with Crippen LogP contribution in [0.25, 0.3) is 5.69 Å². The smallest absolute Gasteiger partial charge is 0.338 e. The summed E-state index contributed by atoms with van der Waals surface area (Å²) in [7, 11) is 0. The molecule has 1 atom stereocenters. The number of aromatic nitrogens is 1. The van der Waals surface area contributed by atoms with Gasteiger partial charge in [-0.15, -0.1) is 11.3 Å². The molecule has 1 amide bonds. The fourth-order valence-corrected chi connectivity index (χ4v) is 3.48. The highest BCUT2D eigenvalue weighted by molar-refractivity contribution is 7.09. The number of carbonyl (C=O) groups excluding carboxylic acids is 2. The molecule has 1 aromatic carbocycles. The monoisotopic (exact) mass is 382 g/mol. The van der Waals surface area contributed by atoms with Gasteiger partial charge in [0.05, 0.1) is 12.1 Å². The summed E-state index contributed by atoms with van der Waals surface area (Å²) in [4.78, 5) is 25.5. The lowest BCUT2D eigenvalue weighted by Crippen LogP contribution is -2.35. The number of hydrogen-bond acceptors (Lipinski definition) is 4. The largest absolute Gasteiger partial charge is 0.449 e. The highest BCUT2D eigenvalue weighted by Gasteiger charge is 2.19. The van der Waals surface area contributed by atoms with Gasteiger partial charge >= 0.3 is 5.97 Å². The van der Waals surface area contributed by atoms with Crippen LogP contribution in [-0.2, 0) is 16.1 Å². The van der Waals surface area contributed by atoms with E-state index in [0.29, 0.717) is 12.1 Å². The number of benzene rings is 1. The van der Waals surface area contributed by atoms with E-state index in [2.05, 4.69) is 9.88 Å². The number of esters is 1. The molecule has 0 aliphatic heterocycles. The molecule has 1 N–H and O–H groups in total. The van der Waals surface area contributed by atoms with Crippen LogP contribution in [0, 0.1) is 13.8 Å². The van der Waals surface area contributed by atoms with Crippen molar-refractivity contribution in [1.29, 1.82) is 0 Å². The first kappa shape index (κ1) is 18.9. The minimum absolute atomic E-state index is 0.313. The van der Waals surface area contributed by atoms with E-state index in [9.17, 15) is 9.59 Å². The van der Waals surface area contributed by atoms with Crippen LogP contribution in [0.4, 0.5) is 0 Å². The number of hydrogen-bond donors (Lipinski definition) is 1. The van der Waals surface area contributed by atoms with E-state index in [-0.39, 0.29) is 5.91 Å². The summed E-state index contributed by atoms with van der Waals surface area (Å²) in [6.45, 7) is 6.07. The van der Waals surface area contributed by atoms with E-state index in [1.165, 1.54) is 0 Å². The zero-order valence-electron chi connectivity index (χ0n) is 15.6. The van der Waals surface area contributed by atoms with Gasteiger partial charge in [0, 0.05) is 22.0 Å². The molecule has 0 unspecified atom stereocenters. The van der Waals surface area contributed by atoms with Crippen molar-refractivity contribution in [1.82, 2.24) is 9.88 Å². The molecule has 2 aromatic heterocycles. The highest BCUT2D eigenvalue weighted by Crippen LogP contribution is 2.17. The van der Waals surface area contributed by atoms with Crippen molar-refractivity contribution in [2.75, 3.05) is 0 Å². The Morgan fingerprint density at radius 3 is 2.33 bits per heavy atom. The van der Waals surface area contributed by atoms with Gasteiger partial charge in [-0.25, -0.2) is 4.79 Å². The Bertz CT molecular complexity index is 908. The molecule has 140 valence electrons. The third-order valence-corrected chi connectivity index (χ3v) is 5.18. The Morgan fingerprint density at radius 1 is 1.07 bits per heavy atom. The molecule has 0 bridgehead atoms. The number of amides is 1. The first-order valence-corrected chi connectivity index (χ1v) is 9.60. The topological polar surface area (TPSA) is 60.3 Å². The maximum Gasteiger partial charge on any atom is 0.338 e. The van der Waals surface area contributed by atoms with Crippen LogP contribution < -0.4 is 5.32 Å². The van der Waals surface area contributed by atoms with Gasteiger partial charge in [-0.05, 0) is 68.6 Å². The third kappa shape index (κ3) is 4.46. The number of nitrogens with one attached hydrogen (secondary N) is 1. The van der Waals surface area contributed by atoms with Gasteiger partial charge < -0.3 is 14.6 Å². The second-order valence-electron chi connectivity index (χ2n) is 6.34. The number of rotatable bonds is 6. The molecule has 0 saturated heterocycles. The van der Waals surface area contributed by atoms with Crippen molar-refractivity contribution < 1.29 is 14.3 Å². The van der Waals surface area contributed by atoms with E-state index in [4.69, 9.17) is 4.74 Å². The zero-order chi connectivity index (χ0) is 19.4. The van der Waals surface area contributed by atoms with Crippen LogP contribution in [0.3, 0.4) is 0 Å². The molecule has 3 aromatic rings. The summed E-state index contributed by atoms with van der Waals surface area (Å²) in [6, 6.07) is 15.1. The van der Waals surface area contributed by atoms with Gasteiger partial charge in [0.25, 0.3) is 5.91 Å². The van der Waals surface area contributed by atoms with Gasteiger partial charge in [-0.1, -0.05) is 6.07 Å². The van der Waals surface area contributed by atoms with Crippen molar-refractivity contribution in [2.45, 2.75) is 33.4 Å². The normalized spacial score (nSPS) is 11.8. The predicted molar refractivity (Wildman–Crippen MR) is 106 cm³/mol. The molecule has 0 spiro atoms. The molecule has 3 rings (SSSR count). The van der Waals surface area contributed by atoms with E-state index < -0.39 is 12.1 Å². The van der Waals surface area contributed by atoms with E-state index in [1.54, 1.807) is 30.4 Å². The van der Waals surface area contributed by atoms with Gasteiger partial charge in [0.1, 0.15) is 0 Å². The summed E-state index contributed by atoms with van der Waals surface area (Å²) in [5, 5.41) is 4.72. The van der Waals surface area contributed by atoms with Crippen molar-refractivity contribution in [3.05, 3.63) is 75.7 Å². The summed E-state index contributed by atoms with van der Waals surface area (Å²) in [5.41, 5.74) is 3.64. The fraction of sp³-hybridized carbons (Fsp3) is 0.238. The zero-order valence-corrected chi connectivity index (χ0v) is 16.4. The van der Waals surface area contributed by atoms with Crippen LogP contribution >= 0.6 is 11.3 Å². The van der Waals surface area contributed by atoms with Crippen LogP contribution in [0.1, 0.15) is 33.5 Å². The molecule has 2 heterocycles. The maximum absolute atomic E-state index is 12.3. The minimum atomic E-state index is -0.855. The average molecular weight is 382 g/mol. The van der Waals surface area contributed by atoms with Crippen LogP contribution in [0.2, 0.25) is 0 Å². The van der Waals surface area contributed by atoms with Crippen LogP contribution in [0.15, 0.2) is 53.9 Å². The maximum atomic E-state index is 12.3. The second-order valence-corrected chi connectivity index (χ2v) is 7.38. The average Bonchev–Trinajstić information content (AvgIpc) is 3.29. The molecule has 27 heavy (non-hydrogen) atoms. The van der Waals surface area contributed by atoms with Crippen molar-refractivity contribution >= 4 is 23.2 Å². The van der Waals surface area contributed by atoms with E-state index >= 15 is 0 Å². The van der Waals surface area contributed by atoms with Crippen LogP contribution in [0.5, 0.6) is 0 Å². The third-order valence-electron chi connectivity index (χ3n) is 4.30. The lowest BCUT2D eigenvalue weighted by Gasteiger charge is -2.14. The number of nitrogens with zero attached hydrogens (tertiary/aromatic N) is 1. The van der Waals surface area contributed by atoms with Gasteiger partial charge in [0.2, 0.25) is 0 Å². The molecule has 0 radical (unpaired) electrons. The number of thiophene rings is 1. The Morgan fingerprint density at radius 2 is 1.74 bits per heavy atom. The standard InChI is InChI=1S/C21H22N2O3S/c1-14-6-7-15(2)23(14)18-10-8-17(9-11-18)21(25)26-16(3)20(24)22-13-19-5-4-12-27-19/h4-12,16H,13H2,1-3H3,(H,22,24)/t16-/m1/s1. The molecule has 0 fully saturated rings. The van der Waals surface area contributed by atoms with Crippen LogP contribution in [-0.4, -0.2) is 22.5 Å². The molecular formula is C21H22N2O3S. The van der Waals surface area contributed by atoms with Gasteiger partial charge in [-0.3, -0.25) is 4.79 Å². The number of ether oxygens (including phenoxy) is 1. The summed E-state index contributed by atoms with van der Waals surface area (Å²) < 4.78 is 7.40. The second kappa shape index (κ2) is 8.22. The minimum Gasteiger partial charge on any atom is -0.449 e. The summed E-state index contributed by atoms with van der Waals surface area (Å²) in [5.74, 6) is -0.826. The lowest BCUT2D eigenvalue weighted by molar-refractivity contribution is -0.129. The Labute approximate surface area is 162 Å². The first-order chi connectivity index (χ1) is 13.0. The molecular weight excluding hydrogens is 360 g/mol. The molecule has 0 aliphatic rings. The van der Waals surface area contributed by atoms with Crippen molar-refractivity contribution in [2.24, 2.45) is 0 Å². The Kier molecular flexibility index (Phi) is 5.76. The number of aryl methyl sites for hydroxylation is 2. The van der Waals surface area contributed by atoms with E-state index in [1.807, 2.05) is 55.6 Å². The SMILES string of the molecule is Cc1ccc(C)n1-c1ccc(C(=O)O[C@H](C)C(=O)NCc2cccs2)cc1. The lowest BCUT2D eigenvalue weighted by atomic mass is 10.2. The molecule has 5 nitrogen and oxygen atoms in total. The Balaban J connectivity index is 1.59. The summed E-state index contributed by atoms with van der Waals surface area (Å²) in [6.07, 6.45) is -0.855. The highest BCUT2D eigenvalue weighted by atomic mass is 32.1. The number of carbonyl (C=O) groups is 2. The van der Waals surface area contributed by atoms with Gasteiger partial charge in [-0.2, -0.15) is 0 Å². The Hall–Kier alpha value is -2.86. The predicted octanol–water partition coefficient (Wildman–Crippen LogP) is 4.02. The molecule has 0 aliphatic carbocycles. The fourth-order valence-electron chi connectivity index (χ4n) is 2.84. The summed E-state index contributed by atoms with van der Waals surface area (Å²) >= 11 is 1.56. The quantitative estimate of drug-likeness (QED) is 0.655. The molecule has 0 saturated carbocycles. The van der Waals surface area contributed by atoms with E-state index in [0.717, 1.165) is 22.0 Å². The first-order valence-electron chi connectivity index (χ1n) is 8.72. The van der Waals surface area contributed by atoms with Gasteiger partial charge in [0.15, 0.2) is 6.10 Å².